The number of carbonyl (C=O) groups is 3. The van der Waals surface area contributed by atoms with Crippen LogP contribution in [0.25, 0.3) is 0 Å². The molecule has 0 radical (unpaired) electrons. The first-order chi connectivity index (χ1) is 11.8. The van der Waals surface area contributed by atoms with Crippen LogP contribution in [-0.2, 0) is 14.4 Å². The fourth-order valence-electron chi connectivity index (χ4n) is 3.54. The van der Waals surface area contributed by atoms with E-state index >= 15 is 0 Å². The number of hydrogen-bond donors (Lipinski definition) is 1. The zero-order chi connectivity index (χ0) is 19.0. The molecule has 144 valence electrons. The Morgan fingerprint density at radius 1 is 1.20 bits per heavy atom. The number of hydrogen-bond acceptors (Lipinski definition) is 3. The molecular formula is C20H36N2O3. The van der Waals surface area contributed by atoms with Gasteiger partial charge in [0.1, 0.15) is 11.8 Å². The van der Waals surface area contributed by atoms with Gasteiger partial charge in [-0.1, -0.05) is 40.0 Å². The number of amides is 2. The quantitative estimate of drug-likeness (QED) is 0.613. The van der Waals surface area contributed by atoms with E-state index in [1.165, 1.54) is 6.92 Å². The maximum atomic E-state index is 12.9. The van der Waals surface area contributed by atoms with Gasteiger partial charge >= 0.3 is 0 Å². The van der Waals surface area contributed by atoms with Gasteiger partial charge in [0.15, 0.2) is 0 Å². The SMILES string of the molecule is CCCCCC(CC(C)=O)C(=O)NC(C(=O)N1CCCC1C)C(C)C. The van der Waals surface area contributed by atoms with Crippen molar-refractivity contribution >= 4 is 17.6 Å². The van der Waals surface area contributed by atoms with Crippen LogP contribution in [0, 0.1) is 11.8 Å². The number of Topliss-reactive ketones (excluding diaryl/α,β-unsaturated/α-hetero) is 1. The minimum absolute atomic E-state index is 0.0171. The highest BCUT2D eigenvalue weighted by molar-refractivity contribution is 5.91. The third-order valence-corrected chi connectivity index (χ3v) is 5.13. The number of likely N-dealkylation sites (tertiary alicyclic amines) is 1. The van der Waals surface area contributed by atoms with Gasteiger partial charge in [-0.05, 0) is 39.0 Å². The van der Waals surface area contributed by atoms with Crippen molar-refractivity contribution < 1.29 is 14.4 Å². The molecular weight excluding hydrogens is 316 g/mol. The Hall–Kier alpha value is -1.39. The minimum atomic E-state index is -0.506. The number of carbonyl (C=O) groups excluding carboxylic acids is 3. The molecule has 1 saturated heterocycles. The van der Waals surface area contributed by atoms with E-state index in [-0.39, 0.29) is 41.9 Å². The van der Waals surface area contributed by atoms with Gasteiger partial charge < -0.3 is 15.0 Å². The first-order valence-corrected chi connectivity index (χ1v) is 9.88. The molecule has 3 unspecified atom stereocenters. The third kappa shape index (κ3) is 6.79. The van der Waals surface area contributed by atoms with Gasteiger partial charge in [-0.25, -0.2) is 0 Å². The van der Waals surface area contributed by atoms with E-state index in [9.17, 15) is 14.4 Å². The van der Waals surface area contributed by atoms with E-state index in [1.54, 1.807) is 0 Å². The van der Waals surface area contributed by atoms with Crippen molar-refractivity contribution in [2.24, 2.45) is 11.8 Å². The second-order valence-electron chi connectivity index (χ2n) is 7.85. The third-order valence-electron chi connectivity index (χ3n) is 5.13. The molecule has 3 atom stereocenters. The van der Waals surface area contributed by atoms with Crippen molar-refractivity contribution in [3.63, 3.8) is 0 Å². The van der Waals surface area contributed by atoms with Crippen molar-refractivity contribution in [3.8, 4) is 0 Å². The van der Waals surface area contributed by atoms with E-state index < -0.39 is 6.04 Å². The Kier molecular flexibility index (Phi) is 9.15. The van der Waals surface area contributed by atoms with Crippen molar-refractivity contribution in [2.75, 3.05) is 6.54 Å². The Labute approximate surface area is 152 Å². The highest BCUT2D eigenvalue weighted by Crippen LogP contribution is 2.21. The predicted molar refractivity (Wildman–Crippen MR) is 100 cm³/mol. The molecule has 0 aromatic rings. The largest absolute Gasteiger partial charge is 0.344 e. The van der Waals surface area contributed by atoms with Crippen LogP contribution in [0.1, 0.15) is 79.6 Å². The Morgan fingerprint density at radius 2 is 1.88 bits per heavy atom. The van der Waals surface area contributed by atoms with Gasteiger partial charge in [0.05, 0.1) is 0 Å². The van der Waals surface area contributed by atoms with Crippen LogP contribution >= 0.6 is 0 Å². The van der Waals surface area contributed by atoms with Crippen molar-refractivity contribution in [2.45, 2.75) is 91.6 Å². The van der Waals surface area contributed by atoms with Gasteiger partial charge in [0.25, 0.3) is 0 Å². The maximum Gasteiger partial charge on any atom is 0.245 e. The Balaban J connectivity index is 2.77. The summed E-state index contributed by atoms with van der Waals surface area (Å²) in [6.45, 7) is 10.4. The molecule has 25 heavy (non-hydrogen) atoms. The summed E-state index contributed by atoms with van der Waals surface area (Å²) in [5.74, 6) is -0.405. The molecule has 0 bridgehead atoms. The average Bonchev–Trinajstić information content (AvgIpc) is 2.96. The number of unbranched alkanes of at least 4 members (excludes halogenated alkanes) is 2. The highest BCUT2D eigenvalue weighted by Gasteiger charge is 2.34. The van der Waals surface area contributed by atoms with Crippen LogP contribution in [0.2, 0.25) is 0 Å². The highest BCUT2D eigenvalue weighted by atomic mass is 16.2. The molecule has 1 aliphatic heterocycles. The van der Waals surface area contributed by atoms with Crippen LogP contribution in [-0.4, -0.2) is 41.1 Å². The fourth-order valence-corrected chi connectivity index (χ4v) is 3.54. The normalized spacial score (nSPS) is 19.8. The molecule has 0 aromatic carbocycles. The Bertz CT molecular complexity index is 462. The molecule has 0 spiro atoms. The molecule has 1 aliphatic rings. The van der Waals surface area contributed by atoms with Crippen LogP contribution in [0.5, 0.6) is 0 Å². The van der Waals surface area contributed by atoms with E-state index in [1.807, 2.05) is 18.7 Å². The lowest BCUT2D eigenvalue weighted by molar-refractivity contribution is -0.139. The van der Waals surface area contributed by atoms with Crippen molar-refractivity contribution in [1.82, 2.24) is 10.2 Å². The lowest BCUT2D eigenvalue weighted by Gasteiger charge is -2.30. The maximum absolute atomic E-state index is 12.9. The smallest absolute Gasteiger partial charge is 0.245 e. The van der Waals surface area contributed by atoms with Crippen LogP contribution in [0.3, 0.4) is 0 Å². The molecule has 1 N–H and O–H groups in total. The van der Waals surface area contributed by atoms with Crippen molar-refractivity contribution in [3.05, 3.63) is 0 Å². The lowest BCUT2D eigenvalue weighted by Crippen LogP contribution is -2.53. The summed E-state index contributed by atoms with van der Waals surface area (Å²) in [5.41, 5.74) is 0. The van der Waals surface area contributed by atoms with Crippen LogP contribution < -0.4 is 5.32 Å². The van der Waals surface area contributed by atoms with Crippen molar-refractivity contribution in [1.29, 1.82) is 0 Å². The molecule has 2 amide bonds. The summed E-state index contributed by atoms with van der Waals surface area (Å²) in [4.78, 5) is 39.1. The number of nitrogens with zero attached hydrogens (tertiary/aromatic N) is 1. The molecule has 1 rings (SSSR count). The zero-order valence-electron chi connectivity index (χ0n) is 16.6. The molecule has 1 fully saturated rings. The molecule has 0 saturated carbocycles. The summed E-state index contributed by atoms with van der Waals surface area (Å²) in [6, 6.07) is -0.267. The van der Waals surface area contributed by atoms with Gasteiger partial charge in [-0.2, -0.15) is 0 Å². The average molecular weight is 353 g/mol. The summed E-state index contributed by atoms with van der Waals surface area (Å²) < 4.78 is 0. The minimum Gasteiger partial charge on any atom is -0.344 e. The second-order valence-corrected chi connectivity index (χ2v) is 7.85. The molecule has 0 aliphatic carbocycles. The summed E-state index contributed by atoms with van der Waals surface area (Å²) in [7, 11) is 0. The molecule has 1 heterocycles. The number of nitrogens with one attached hydrogen (secondary N) is 1. The van der Waals surface area contributed by atoms with Gasteiger partial charge in [-0.3, -0.25) is 9.59 Å². The first kappa shape index (κ1) is 21.7. The molecule has 0 aromatic heterocycles. The summed E-state index contributed by atoms with van der Waals surface area (Å²) in [6.07, 6.45) is 6.08. The molecule has 5 nitrogen and oxygen atoms in total. The first-order valence-electron chi connectivity index (χ1n) is 9.88. The predicted octanol–water partition coefficient (Wildman–Crippen LogP) is 3.31. The fraction of sp³-hybridized carbons (Fsp3) is 0.850. The molecule has 5 heteroatoms. The Morgan fingerprint density at radius 3 is 2.36 bits per heavy atom. The van der Waals surface area contributed by atoms with Crippen LogP contribution in [0.15, 0.2) is 0 Å². The van der Waals surface area contributed by atoms with Gasteiger partial charge in [0.2, 0.25) is 11.8 Å². The summed E-state index contributed by atoms with van der Waals surface area (Å²) >= 11 is 0. The van der Waals surface area contributed by atoms with Crippen LogP contribution in [0.4, 0.5) is 0 Å². The standard InChI is InChI=1S/C20H36N2O3/c1-6-7-8-11-17(13-16(5)23)19(24)21-18(14(2)3)20(25)22-12-9-10-15(22)4/h14-15,17-18H,6-13H2,1-5H3,(H,21,24). The van der Waals surface area contributed by atoms with Gasteiger partial charge in [-0.15, -0.1) is 0 Å². The van der Waals surface area contributed by atoms with E-state index in [4.69, 9.17) is 0 Å². The topological polar surface area (TPSA) is 66.5 Å². The second kappa shape index (κ2) is 10.6. The lowest BCUT2D eigenvalue weighted by atomic mass is 9.93. The van der Waals surface area contributed by atoms with Gasteiger partial charge in [0, 0.05) is 24.9 Å². The summed E-state index contributed by atoms with van der Waals surface area (Å²) in [5, 5.41) is 2.96. The van der Waals surface area contributed by atoms with E-state index in [2.05, 4.69) is 19.2 Å². The zero-order valence-corrected chi connectivity index (χ0v) is 16.6. The van der Waals surface area contributed by atoms with E-state index in [0.29, 0.717) is 6.42 Å². The number of rotatable bonds is 10. The van der Waals surface area contributed by atoms with E-state index in [0.717, 1.165) is 38.6 Å². The monoisotopic (exact) mass is 352 g/mol. The number of ketones is 1.